The summed E-state index contributed by atoms with van der Waals surface area (Å²) in [6.45, 7) is 9.26. The van der Waals surface area contributed by atoms with Gasteiger partial charge in [-0.25, -0.2) is 0 Å². The van der Waals surface area contributed by atoms with Crippen LogP contribution in [-0.2, 0) is 16.0 Å². The molecule has 3 rings (SSSR count). The van der Waals surface area contributed by atoms with Gasteiger partial charge in [0, 0.05) is 24.6 Å². The van der Waals surface area contributed by atoms with Gasteiger partial charge in [0.15, 0.2) is 0 Å². The molecule has 1 aromatic rings. The number of nitrogens with one attached hydrogen (secondary N) is 1. The molecule has 2 aliphatic heterocycles. The molecular weight excluding hydrogens is 382 g/mol. The minimum atomic E-state index is -0.130. The number of nitrogens with zero attached hydrogens (tertiary/aromatic N) is 2. The molecule has 0 saturated carbocycles. The molecule has 2 amide bonds. The summed E-state index contributed by atoms with van der Waals surface area (Å²) in [4.78, 5) is 29.6. The number of carbonyl (C=O) groups is 2. The first-order chi connectivity index (χ1) is 13.9. The van der Waals surface area contributed by atoms with E-state index < -0.39 is 0 Å². The van der Waals surface area contributed by atoms with E-state index in [-0.39, 0.29) is 23.9 Å². The van der Waals surface area contributed by atoms with Gasteiger partial charge in [-0.15, -0.1) is 0 Å². The molecule has 2 heterocycles. The van der Waals surface area contributed by atoms with Crippen molar-refractivity contribution in [3.63, 3.8) is 0 Å². The lowest BCUT2D eigenvalue weighted by molar-refractivity contribution is -0.136. The first kappa shape index (κ1) is 22.2. The van der Waals surface area contributed by atoms with E-state index in [4.69, 9.17) is 0 Å². The second kappa shape index (κ2) is 10.5. The lowest BCUT2D eigenvalue weighted by Gasteiger charge is -2.32. The summed E-state index contributed by atoms with van der Waals surface area (Å²) in [5, 5.41) is 3.11. The Labute approximate surface area is 179 Å². The topological polar surface area (TPSA) is 52.7 Å². The molecule has 5 nitrogen and oxygen atoms in total. The van der Waals surface area contributed by atoms with Crippen molar-refractivity contribution in [2.45, 2.75) is 52.1 Å². The van der Waals surface area contributed by atoms with Crippen molar-refractivity contribution in [1.82, 2.24) is 15.1 Å². The van der Waals surface area contributed by atoms with Gasteiger partial charge in [-0.2, -0.15) is 11.8 Å². The maximum atomic E-state index is 12.9. The maximum Gasteiger partial charge on any atom is 0.239 e. The smallest absolute Gasteiger partial charge is 0.239 e. The minimum Gasteiger partial charge on any atom is -0.348 e. The first-order valence-corrected chi connectivity index (χ1v) is 12.1. The third kappa shape index (κ3) is 6.22. The van der Waals surface area contributed by atoms with Crippen LogP contribution in [0.4, 0.5) is 0 Å². The predicted octanol–water partition coefficient (Wildman–Crippen LogP) is 3.10. The molecule has 0 radical (unpaired) electrons. The second-order valence-electron chi connectivity index (χ2n) is 8.69. The van der Waals surface area contributed by atoms with Crippen LogP contribution < -0.4 is 5.32 Å². The zero-order valence-electron chi connectivity index (χ0n) is 18.0. The second-order valence-corrected chi connectivity index (χ2v) is 9.92. The molecule has 160 valence electrons. The lowest BCUT2D eigenvalue weighted by atomic mass is 10.00. The van der Waals surface area contributed by atoms with E-state index >= 15 is 0 Å². The van der Waals surface area contributed by atoms with Gasteiger partial charge >= 0.3 is 0 Å². The van der Waals surface area contributed by atoms with Crippen LogP contribution in [0.15, 0.2) is 24.3 Å². The zero-order valence-corrected chi connectivity index (χ0v) is 18.8. The number of hydrogen-bond donors (Lipinski definition) is 1. The van der Waals surface area contributed by atoms with E-state index in [0.717, 1.165) is 56.0 Å². The number of carbonyl (C=O) groups excluding carboxylic acids is 2. The first-order valence-electron chi connectivity index (χ1n) is 10.9. The van der Waals surface area contributed by atoms with Gasteiger partial charge in [-0.1, -0.05) is 38.1 Å². The number of thioether (sulfide) groups is 1. The van der Waals surface area contributed by atoms with Gasteiger partial charge < -0.3 is 10.2 Å². The standard InChI is InChI=1S/C23H35N3O2S/c1-17(2)15-19-6-8-20(9-7-19)18(3)24-22(27)16-26-10-4-5-21(26)23(28)25-11-13-29-14-12-25/h6-9,17-18,21H,4-5,10-16H2,1-3H3,(H,24,27). The van der Waals surface area contributed by atoms with E-state index in [1.165, 1.54) is 5.56 Å². The average Bonchev–Trinajstić information content (AvgIpc) is 3.16. The fourth-order valence-corrected chi connectivity index (χ4v) is 5.16. The third-order valence-electron chi connectivity index (χ3n) is 5.82. The highest BCUT2D eigenvalue weighted by atomic mass is 32.2. The van der Waals surface area contributed by atoms with Crippen molar-refractivity contribution in [2.24, 2.45) is 5.92 Å². The van der Waals surface area contributed by atoms with Crippen LogP contribution in [0.25, 0.3) is 0 Å². The van der Waals surface area contributed by atoms with E-state index in [9.17, 15) is 9.59 Å². The molecule has 0 bridgehead atoms. The predicted molar refractivity (Wildman–Crippen MR) is 120 cm³/mol. The van der Waals surface area contributed by atoms with Crippen LogP contribution in [0.3, 0.4) is 0 Å². The van der Waals surface area contributed by atoms with E-state index in [2.05, 4.69) is 48.3 Å². The Kier molecular flexibility index (Phi) is 8.01. The molecule has 2 atom stereocenters. The van der Waals surface area contributed by atoms with E-state index in [0.29, 0.717) is 12.5 Å². The number of amides is 2. The zero-order chi connectivity index (χ0) is 20.8. The van der Waals surface area contributed by atoms with Crippen molar-refractivity contribution < 1.29 is 9.59 Å². The quantitative estimate of drug-likeness (QED) is 0.741. The van der Waals surface area contributed by atoms with Crippen LogP contribution >= 0.6 is 11.8 Å². The molecule has 0 aliphatic carbocycles. The monoisotopic (exact) mass is 417 g/mol. The van der Waals surface area contributed by atoms with Crippen LogP contribution in [-0.4, -0.2) is 65.3 Å². The van der Waals surface area contributed by atoms with Gasteiger partial charge in [0.2, 0.25) is 11.8 Å². The Morgan fingerprint density at radius 2 is 1.79 bits per heavy atom. The Balaban J connectivity index is 1.51. The van der Waals surface area contributed by atoms with Crippen LogP contribution in [0.2, 0.25) is 0 Å². The largest absolute Gasteiger partial charge is 0.348 e. The summed E-state index contributed by atoms with van der Waals surface area (Å²) >= 11 is 1.91. The molecule has 29 heavy (non-hydrogen) atoms. The van der Waals surface area contributed by atoms with Gasteiger partial charge in [-0.05, 0) is 49.8 Å². The van der Waals surface area contributed by atoms with Crippen molar-refractivity contribution in [3.05, 3.63) is 35.4 Å². The molecule has 2 saturated heterocycles. The summed E-state index contributed by atoms with van der Waals surface area (Å²) in [5.41, 5.74) is 2.45. The van der Waals surface area contributed by atoms with E-state index in [1.54, 1.807) is 0 Å². The number of likely N-dealkylation sites (tertiary alicyclic amines) is 1. The number of rotatable bonds is 7. The van der Waals surface area contributed by atoms with Crippen molar-refractivity contribution in [1.29, 1.82) is 0 Å². The Morgan fingerprint density at radius 3 is 2.45 bits per heavy atom. The molecular formula is C23H35N3O2S. The van der Waals surface area contributed by atoms with Gasteiger partial charge in [0.25, 0.3) is 0 Å². The Hall–Kier alpha value is -1.53. The molecule has 1 N–H and O–H groups in total. The lowest BCUT2D eigenvalue weighted by Crippen LogP contribution is -2.50. The molecule has 6 heteroatoms. The van der Waals surface area contributed by atoms with Gasteiger partial charge in [0.1, 0.15) is 0 Å². The molecule has 0 spiro atoms. The average molecular weight is 418 g/mol. The maximum absolute atomic E-state index is 12.9. The highest BCUT2D eigenvalue weighted by Crippen LogP contribution is 2.21. The van der Waals surface area contributed by atoms with Gasteiger partial charge in [-0.3, -0.25) is 14.5 Å². The summed E-state index contributed by atoms with van der Waals surface area (Å²) in [6, 6.07) is 8.37. The summed E-state index contributed by atoms with van der Waals surface area (Å²) in [5.74, 6) is 2.89. The summed E-state index contributed by atoms with van der Waals surface area (Å²) in [7, 11) is 0. The van der Waals surface area contributed by atoms with Crippen molar-refractivity contribution >= 4 is 23.6 Å². The SMILES string of the molecule is CC(C)Cc1ccc(C(C)NC(=O)CN2CCCC2C(=O)N2CCSCC2)cc1. The Bertz CT molecular complexity index is 686. The molecule has 2 fully saturated rings. The van der Waals surface area contributed by atoms with Crippen LogP contribution in [0.5, 0.6) is 0 Å². The summed E-state index contributed by atoms with van der Waals surface area (Å²) < 4.78 is 0. The van der Waals surface area contributed by atoms with Gasteiger partial charge in [0.05, 0.1) is 18.6 Å². The fourth-order valence-electron chi connectivity index (χ4n) is 4.26. The van der Waals surface area contributed by atoms with E-state index in [1.807, 2.05) is 23.6 Å². The normalized spacial score (nSPS) is 21.4. The third-order valence-corrected chi connectivity index (χ3v) is 6.76. The van der Waals surface area contributed by atoms with Crippen LogP contribution in [0.1, 0.15) is 50.8 Å². The highest BCUT2D eigenvalue weighted by molar-refractivity contribution is 7.99. The number of hydrogen-bond acceptors (Lipinski definition) is 4. The van der Waals surface area contributed by atoms with Crippen molar-refractivity contribution in [2.75, 3.05) is 37.7 Å². The molecule has 2 aliphatic rings. The minimum absolute atomic E-state index is 0.00217. The van der Waals surface area contributed by atoms with Crippen LogP contribution in [0, 0.1) is 5.92 Å². The molecule has 1 aromatic carbocycles. The fraction of sp³-hybridized carbons (Fsp3) is 0.652. The molecule has 0 aromatic heterocycles. The molecule has 2 unspecified atom stereocenters. The number of benzene rings is 1. The highest BCUT2D eigenvalue weighted by Gasteiger charge is 2.35. The Morgan fingerprint density at radius 1 is 1.10 bits per heavy atom. The van der Waals surface area contributed by atoms with Crippen molar-refractivity contribution in [3.8, 4) is 0 Å². The summed E-state index contributed by atoms with van der Waals surface area (Å²) in [6.07, 6.45) is 2.92.